The molecule has 0 heterocycles. The minimum atomic E-state index is -3.79. The van der Waals surface area contributed by atoms with Gasteiger partial charge >= 0.3 is 5.97 Å². The van der Waals surface area contributed by atoms with E-state index in [2.05, 4.69) is 10.0 Å². The maximum atomic E-state index is 12.8. The van der Waals surface area contributed by atoms with Crippen molar-refractivity contribution in [1.82, 2.24) is 0 Å². The molecular formula is C29H32N2O6S. The zero-order valence-corrected chi connectivity index (χ0v) is 22.8. The molecule has 1 aliphatic rings. The molecule has 1 fully saturated rings. The SMILES string of the molecule is CCOC(=O)C1(c2ccc(NC(=O)COc3ccc(S(=O)(=O)Nc4ccc(C)c(C)c4)cc3C)cc2)CC1. The molecule has 0 aromatic heterocycles. The average molecular weight is 537 g/mol. The largest absolute Gasteiger partial charge is 0.483 e. The number of benzene rings is 3. The number of anilines is 2. The van der Waals surface area contributed by atoms with E-state index >= 15 is 0 Å². The van der Waals surface area contributed by atoms with Crippen molar-refractivity contribution < 1.29 is 27.5 Å². The van der Waals surface area contributed by atoms with Crippen LogP contribution >= 0.6 is 0 Å². The van der Waals surface area contributed by atoms with Gasteiger partial charge in [-0.15, -0.1) is 0 Å². The maximum absolute atomic E-state index is 12.8. The van der Waals surface area contributed by atoms with Crippen LogP contribution in [0.4, 0.5) is 11.4 Å². The molecule has 3 aromatic carbocycles. The molecular weight excluding hydrogens is 504 g/mol. The van der Waals surface area contributed by atoms with Gasteiger partial charge in [0.05, 0.1) is 16.9 Å². The standard InChI is InChI=1S/C29H32N2O6S/c1-5-36-28(33)29(14-15-29)22-7-10-23(11-8-22)30-27(32)18-37-26-13-12-25(17-21(26)4)38(34,35)31-24-9-6-19(2)20(3)16-24/h6-13,16-17,31H,5,14-15,18H2,1-4H3,(H,30,32). The number of carbonyl (C=O) groups is 2. The van der Waals surface area contributed by atoms with Gasteiger partial charge in [0.2, 0.25) is 0 Å². The van der Waals surface area contributed by atoms with Crippen LogP contribution in [-0.2, 0) is 29.8 Å². The first-order valence-electron chi connectivity index (χ1n) is 12.5. The number of carbonyl (C=O) groups excluding carboxylic acids is 2. The van der Waals surface area contributed by atoms with Crippen LogP contribution in [0.5, 0.6) is 5.75 Å². The Labute approximate surface area is 223 Å². The lowest BCUT2D eigenvalue weighted by Crippen LogP contribution is -2.23. The van der Waals surface area contributed by atoms with E-state index in [9.17, 15) is 18.0 Å². The van der Waals surface area contributed by atoms with Crippen molar-refractivity contribution in [2.24, 2.45) is 0 Å². The Morgan fingerprint density at radius 2 is 1.55 bits per heavy atom. The van der Waals surface area contributed by atoms with Gasteiger partial charge < -0.3 is 14.8 Å². The number of amides is 1. The van der Waals surface area contributed by atoms with Crippen LogP contribution in [0.25, 0.3) is 0 Å². The highest BCUT2D eigenvalue weighted by Gasteiger charge is 2.52. The summed E-state index contributed by atoms with van der Waals surface area (Å²) >= 11 is 0. The smallest absolute Gasteiger partial charge is 0.316 e. The first kappa shape index (κ1) is 27.2. The van der Waals surface area contributed by atoms with Crippen LogP contribution in [0.2, 0.25) is 0 Å². The first-order chi connectivity index (χ1) is 18.0. The van der Waals surface area contributed by atoms with Crippen LogP contribution in [0, 0.1) is 20.8 Å². The maximum Gasteiger partial charge on any atom is 0.316 e. The monoisotopic (exact) mass is 536 g/mol. The number of sulfonamides is 1. The molecule has 1 saturated carbocycles. The molecule has 4 rings (SSSR count). The van der Waals surface area contributed by atoms with Gasteiger partial charge in [0.15, 0.2) is 6.61 Å². The third-order valence-corrected chi connectivity index (χ3v) is 8.09. The quantitative estimate of drug-likeness (QED) is 0.352. The molecule has 0 bridgehead atoms. The fourth-order valence-corrected chi connectivity index (χ4v) is 5.32. The summed E-state index contributed by atoms with van der Waals surface area (Å²) < 4.78 is 39.1. The van der Waals surface area contributed by atoms with Gasteiger partial charge in [-0.3, -0.25) is 14.3 Å². The average Bonchev–Trinajstić information content (AvgIpc) is 3.68. The molecule has 0 atom stereocenters. The Kier molecular flexibility index (Phi) is 7.78. The van der Waals surface area contributed by atoms with E-state index in [1.165, 1.54) is 18.2 Å². The molecule has 38 heavy (non-hydrogen) atoms. The topological polar surface area (TPSA) is 111 Å². The van der Waals surface area contributed by atoms with Gasteiger partial charge in [-0.25, -0.2) is 8.42 Å². The van der Waals surface area contributed by atoms with Crippen LogP contribution in [-0.4, -0.2) is 33.5 Å². The first-order valence-corrected chi connectivity index (χ1v) is 13.9. The summed E-state index contributed by atoms with van der Waals surface area (Å²) in [6, 6.07) is 17.0. The minimum absolute atomic E-state index is 0.0985. The third kappa shape index (κ3) is 5.99. The molecule has 3 aromatic rings. The third-order valence-electron chi connectivity index (χ3n) is 6.71. The summed E-state index contributed by atoms with van der Waals surface area (Å²) in [5.74, 6) is -0.164. The Hall–Kier alpha value is -3.85. The zero-order valence-electron chi connectivity index (χ0n) is 22.0. The van der Waals surface area contributed by atoms with Gasteiger partial charge in [0.1, 0.15) is 5.75 Å². The van der Waals surface area contributed by atoms with E-state index in [-0.39, 0.29) is 23.4 Å². The molecule has 0 unspecified atom stereocenters. The molecule has 0 aliphatic heterocycles. The molecule has 200 valence electrons. The molecule has 9 heteroatoms. The van der Waals surface area contributed by atoms with Crippen molar-refractivity contribution in [3.63, 3.8) is 0 Å². The lowest BCUT2D eigenvalue weighted by Gasteiger charge is -2.15. The van der Waals surface area contributed by atoms with E-state index in [1.54, 1.807) is 38.1 Å². The van der Waals surface area contributed by atoms with Crippen molar-refractivity contribution >= 4 is 33.3 Å². The van der Waals surface area contributed by atoms with Crippen molar-refractivity contribution in [2.45, 2.75) is 50.8 Å². The number of rotatable bonds is 10. The van der Waals surface area contributed by atoms with E-state index in [4.69, 9.17) is 9.47 Å². The van der Waals surface area contributed by atoms with Gasteiger partial charge in [-0.1, -0.05) is 18.2 Å². The summed E-state index contributed by atoms with van der Waals surface area (Å²) in [5.41, 5.74) is 4.03. The Bertz CT molecular complexity index is 1460. The fourth-order valence-electron chi connectivity index (χ4n) is 4.19. The lowest BCUT2D eigenvalue weighted by molar-refractivity contribution is -0.146. The predicted molar refractivity (Wildman–Crippen MR) is 146 cm³/mol. The van der Waals surface area contributed by atoms with Crippen molar-refractivity contribution in [2.75, 3.05) is 23.3 Å². The minimum Gasteiger partial charge on any atom is -0.483 e. The van der Waals surface area contributed by atoms with Crippen LogP contribution in [0.15, 0.2) is 65.6 Å². The molecule has 0 spiro atoms. The molecule has 2 N–H and O–H groups in total. The second-order valence-electron chi connectivity index (χ2n) is 9.55. The number of aryl methyl sites for hydroxylation is 3. The summed E-state index contributed by atoms with van der Waals surface area (Å²) in [6.45, 7) is 7.49. The van der Waals surface area contributed by atoms with Crippen molar-refractivity contribution in [3.8, 4) is 5.75 Å². The molecule has 8 nitrogen and oxygen atoms in total. The molecule has 0 radical (unpaired) electrons. The van der Waals surface area contributed by atoms with Crippen LogP contribution in [0.1, 0.15) is 42.0 Å². The van der Waals surface area contributed by atoms with E-state index < -0.39 is 15.4 Å². The summed E-state index contributed by atoms with van der Waals surface area (Å²) in [4.78, 5) is 24.8. The second-order valence-corrected chi connectivity index (χ2v) is 11.2. The predicted octanol–water partition coefficient (Wildman–Crippen LogP) is 5.02. The Morgan fingerprint density at radius 1 is 0.868 bits per heavy atom. The lowest BCUT2D eigenvalue weighted by atomic mass is 9.96. The molecule has 1 aliphatic carbocycles. The van der Waals surface area contributed by atoms with Crippen LogP contribution in [0.3, 0.4) is 0 Å². The summed E-state index contributed by atoms with van der Waals surface area (Å²) in [6.07, 6.45) is 1.51. The highest BCUT2D eigenvalue weighted by Crippen LogP contribution is 2.49. The van der Waals surface area contributed by atoms with Gasteiger partial charge in [0, 0.05) is 11.4 Å². The summed E-state index contributed by atoms with van der Waals surface area (Å²) in [5, 5.41) is 2.77. The van der Waals surface area contributed by atoms with Gasteiger partial charge in [0.25, 0.3) is 15.9 Å². The highest BCUT2D eigenvalue weighted by atomic mass is 32.2. The van der Waals surface area contributed by atoms with E-state index in [0.29, 0.717) is 29.3 Å². The van der Waals surface area contributed by atoms with Gasteiger partial charge in [-0.2, -0.15) is 0 Å². The number of ether oxygens (including phenoxy) is 2. The highest BCUT2D eigenvalue weighted by molar-refractivity contribution is 7.92. The summed E-state index contributed by atoms with van der Waals surface area (Å²) in [7, 11) is -3.79. The second kappa shape index (κ2) is 10.9. The van der Waals surface area contributed by atoms with E-state index in [1.807, 2.05) is 32.0 Å². The van der Waals surface area contributed by atoms with Crippen molar-refractivity contribution in [3.05, 3.63) is 82.9 Å². The number of hydrogen-bond donors (Lipinski definition) is 2. The number of esters is 1. The zero-order chi connectivity index (χ0) is 27.5. The van der Waals surface area contributed by atoms with Crippen molar-refractivity contribution in [1.29, 1.82) is 0 Å². The normalized spacial score (nSPS) is 13.9. The van der Waals surface area contributed by atoms with Gasteiger partial charge in [-0.05, 0) is 105 Å². The number of nitrogens with one attached hydrogen (secondary N) is 2. The Balaban J connectivity index is 1.34. The van der Waals surface area contributed by atoms with Crippen LogP contribution < -0.4 is 14.8 Å². The fraction of sp³-hybridized carbons (Fsp3) is 0.310. The molecule has 1 amide bonds. The Morgan fingerprint density at radius 3 is 2.16 bits per heavy atom. The number of hydrogen-bond acceptors (Lipinski definition) is 6. The molecule has 0 saturated heterocycles. The van der Waals surface area contributed by atoms with E-state index in [0.717, 1.165) is 29.5 Å².